The monoisotopic (exact) mass is 345 g/mol. The molecule has 0 saturated heterocycles. The van der Waals surface area contributed by atoms with Gasteiger partial charge in [-0.25, -0.2) is 0 Å². The molecule has 0 saturated carbocycles. The van der Waals surface area contributed by atoms with Gasteiger partial charge in [-0.15, -0.1) is 0 Å². The van der Waals surface area contributed by atoms with Crippen LogP contribution in [-0.4, -0.2) is 25.3 Å². The van der Waals surface area contributed by atoms with E-state index in [1.54, 1.807) is 0 Å². The number of halogens is 1. The van der Waals surface area contributed by atoms with E-state index in [1.807, 2.05) is 24.3 Å². The highest BCUT2D eigenvalue weighted by Gasteiger charge is 2.11. The minimum Gasteiger partial charge on any atom is -0.307 e. The van der Waals surface area contributed by atoms with Gasteiger partial charge in [-0.1, -0.05) is 56.7 Å². The molecule has 0 heterocycles. The van der Waals surface area contributed by atoms with Crippen LogP contribution in [0.2, 0.25) is 5.02 Å². The average Bonchev–Trinajstić information content (AvgIpc) is 2.37. The van der Waals surface area contributed by atoms with E-state index in [4.69, 9.17) is 16.2 Å². The average molecular weight is 346 g/mol. The van der Waals surface area contributed by atoms with Gasteiger partial charge < -0.3 is 5.32 Å². The first-order valence-electron chi connectivity index (χ1n) is 7.20. The zero-order valence-electron chi connectivity index (χ0n) is 13.2. The Bertz CT molecular complexity index is 589. The van der Waals surface area contributed by atoms with Crippen LogP contribution in [0, 0.1) is 5.41 Å². The molecule has 0 bridgehead atoms. The summed E-state index contributed by atoms with van der Waals surface area (Å²) in [5.41, 5.74) is 1.11. The summed E-state index contributed by atoms with van der Waals surface area (Å²) < 4.78 is 30.2. The van der Waals surface area contributed by atoms with Crippen LogP contribution in [0.1, 0.15) is 38.8 Å². The Morgan fingerprint density at radius 2 is 1.86 bits per heavy atom. The van der Waals surface area contributed by atoms with Crippen molar-refractivity contribution in [2.45, 2.75) is 33.2 Å². The first kappa shape index (κ1) is 19.2. The molecule has 0 amide bonds. The molecule has 0 aliphatic heterocycles. The van der Waals surface area contributed by atoms with E-state index in [1.165, 1.54) is 0 Å². The van der Waals surface area contributed by atoms with Crippen molar-refractivity contribution in [1.29, 1.82) is 0 Å². The molecule has 1 rings (SSSR count). The van der Waals surface area contributed by atoms with Gasteiger partial charge in [-0.05, 0) is 36.1 Å². The molecule has 0 aliphatic rings. The predicted molar refractivity (Wildman–Crippen MR) is 91.8 cm³/mol. The number of nitrogens with one attached hydrogen (secondary N) is 1. The lowest BCUT2D eigenvalue weighted by atomic mass is 9.94. The van der Waals surface area contributed by atoms with Crippen LogP contribution in [0.25, 0.3) is 0 Å². The van der Waals surface area contributed by atoms with Gasteiger partial charge in [-0.3, -0.25) is 4.55 Å². The van der Waals surface area contributed by atoms with Crippen LogP contribution >= 0.6 is 11.6 Å². The van der Waals surface area contributed by atoms with Gasteiger partial charge >= 0.3 is 0 Å². The molecule has 22 heavy (non-hydrogen) atoms. The molecule has 0 radical (unpaired) electrons. The molecule has 1 aromatic rings. The number of rotatable bonds is 7. The van der Waals surface area contributed by atoms with Crippen molar-refractivity contribution in [1.82, 2.24) is 5.32 Å². The van der Waals surface area contributed by atoms with E-state index >= 15 is 0 Å². The fourth-order valence-electron chi connectivity index (χ4n) is 1.86. The van der Waals surface area contributed by atoms with Crippen molar-refractivity contribution < 1.29 is 13.0 Å². The Hall–Kier alpha value is -0.880. The largest absolute Gasteiger partial charge is 0.307 e. The Kier molecular flexibility index (Phi) is 7.06. The summed E-state index contributed by atoms with van der Waals surface area (Å²) in [6.07, 6.45) is 4.53. The summed E-state index contributed by atoms with van der Waals surface area (Å²) >= 11 is 5.91. The molecular weight excluding hydrogens is 322 g/mol. The molecule has 4 nitrogen and oxygen atoms in total. The molecule has 1 unspecified atom stereocenters. The zero-order valence-corrected chi connectivity index (χ0v) is 14.8. The summed E-state index contributed by atoms with van der Waals surface area (Å²) in [4.78, 5) is 0. The van der Waals surface area contributed by atoms with Gasteiger partial charge in [0.05, 0.1) is 11.8 Å². The summed E-state index contributed by atoms with van der Waals surface area (Å²) in [6, 6.07) is 7.51. The third kappa shape index (κ3) is 8.54. The van der Waals surface area contributed by atoms with Crippen molar-refractivity contribution in [3.05, 3.63) is 47.0 Å². The molecule has 1 aromatic carbocycles. The first-order chi connectivity index (χ1) is 10.1. The number of benzene rings is 1. The highest BCUT2D eigenvalue weighted by Crippen LogP contribution is 2.21. The summed E-state index contributed by atoms with van der Waals surface area (Å²) in [5.74, 6) is -0.240. The first-order valence-corrected chi connectivity index (χ1v) is 9.19. The fraction of sp³-hybridized carbons (Fsp3) is 0.500. The third-order valence-electron chi connectivity index (χ3n) is 2.96. The second-order valence-electron chi connectivity index (χ2n) is 6.35. The molecule has 2 N–H and O–H groups in total. The quantitative estimate of drug-likeness (QED) is 0.447. The lowest BCUT2D eigenvalue weighted by Crippen LogP contribution is -2.23. The van der Waals surface area contributed by atoms with Crippen molar-refractivity contribution >= 4 is 21.7 Å². The van der Waals surface area contributed by atoms with Crippen LogP contribution in [0.4, 0.5) is 0 Å². The highest BCUT2D eigenvalue weighted by molar-refractivity contribution is 7.85. The summed E-state index contributed by atoms with van der Waals surface area (Å²) in [6.45, 7) is 6.82. The van der Waals surface area contributed by atoms with Gasteiger partial charge in [-0.2, -0.15) is 8.42 Å². The lowest BCUT2D eigenvalue weighted by molar-refractivity contribution is 0.478. The van der Waals surface area contributed by atoms with Crippen LogP contribution < -0.4 is 5.32 Å². The van der Waals surface area contributed by atoms with Crippen molar-refractivity contribution in [2.24, 2.45) is 5.41 Å². The van der Waals surface area contributed by atoms with Crippen LogP contribution in [0.3, 0.4) is 0 Å². The third-order valence-corrected chi connectivity index (χ3v) is 4.02. The predicted octanol–water partition coefficient (Wildman–Crippen LogP) is 3.85. The molecule has 1 atom stereocenters. The minimum absolute atomic E-state index is 0.0297. The standard InChI is InChI=1S/C16H24ClNO3S/c1-16(2,3)10-9-15(13-5-7-14(17)8-6-13)18-11-4-12-22(19,20)21/h5-10,15,18H,4,11-12H2,1-3H3,(H,19,20,21). The summed E-state index contributed by atoms with van der Waals surface area (Å²) in [7, 11) is -3.90. The second-order valence-corrected chi connectivity index (χ2v) is 8.36. The number of hydrogen-bond acceptors (Lipinski definition) is 3. The Balaban J connectivity index is 2.74. The Morgan fingerprint density at radius 1 is 1.27 bits per heavy atom. The van der Waals surface area contributed by atoms with Gasteiger partial charge in [0.1, 0.15) is 0 Å². The van der Waals surface area contributed by atoms with Gasteiger partial charge in [0.25, 0.3) is 10.1 Å². The van der Waals surface area contributed by atoms with Gasteiger partial charge in [0.15, 0.2) is 0 Å². The smallest absolute Gasteiger partial charge is 0.264 e. The van der Waals surface area contributed by atoms with E-state index in [0.717, 1.165) is 5.56 Å². The number of hydrogen-bond donors (Lipinski definition) is 2. The maximum atomic E-state index is 10.7. The van der Waals surface area contributed by atoms with E-state index in [0.29, 0.717) is 18.0 Å². The van der Waals surface area contributed by atoms with Crippen molar-refractivity contribution in [3.63, 3.8) is 0 Å². The maximum Gasteiger partial charge on any atom is 0.264 e. The van der Waals surface area contributed by atoms with Crippen molar-refractivity contribution in [3.8, 4) is 0 Å². The van der Waals surface area contributed by atoms with E-state index in [-0.39, 0.29) is 17.2 Å². The van der Waals surface area contributed by atoms with Gasteiger partial charge in [0, 0.05) is 5.02 Å². The van der Waals surface area contributed by atoms with Crippen molar-refractivity contribution in [2.75, 3.05) is 12.3 Å². The van der Waals surface area contributed by atoms with E-state index in [9.17, 15) is 8.42 Å². The molecule has 0 aliphatic carbocycles. The molecule has 0 fully saturated rings. The highest BCUT2D eigenvalue weighted by atomic mass is 35.5. The minimum atomic E-state index is -3.90. The molecule has 0 aromatic heterocycles. The topological polar surface area (TPSA) is 66.4 Å². The van der Waals surface area contributed by atoms with Crippen LogP contribution in [0.5, 0.6) is 0 Å². The van der Waals surface area contributed by atoms with Crippen LogP contribution in [0.15, 0.2) is 36.4 Å². The van der Waals surface area contributed by atoms with Gasteiger partial charge in [0.2, 0.25) is 0 Å². The SMILES string of the molecule is CC(C)(C)C=CC(NCCCS(=O)(=O)O)c1ccc(Cl)cc1. The zero-order chi connectivity index (χ0) is 16.8. The fourth-order valence-corrected chi connectivity index (χ4v) is 2.50. The molecule has 124 valence electrons. The molecular formula is C16H24ClNO3S. The summed E-state index contributed by atoms with van der Waals surface area (Å²) in [5, 5.41) is 3.97. The Morgan fingerprint density at radius 3 is 2.36 bits per heavy atom. The Labute approximate surface area is 138 Å². The molecule has 0 spiro atoms. The van der Waals surface area contributed by atoms with E-state index in [2.05, 4.69) is 38.2 Å². The number of allylic oxidation sites excluding steroid dienone is 1. The normalized spacial score (nSPS) is 14.4. The lowest BCUT2D eigenvalue weighted by Gasteiger charge is -2.18. The van der Waals surface area contributed by atoms with Crippen LogP contribution in [-0.2, 0) is 10.1 Å². The second kappa shape index (κ2) is 8.11. The van der Waals surface area contributed by atoms with E-state index < -0.39 is 10.1 Å². The molecule has 6 heteroatoms. The maximum absolute atomic E-state index is 10.7.